The molecule has 25 heavy (non-hydrogen) atoms. The largest absolute Gasteiger partial charge is 0.496 e. The van der Waals surface area contributed by atoms with Gasteiger partial charge in [-0.3, -0.25) is 0 Å². The van der Waals surface area contributed by atoms with Crippen LogP contribution in [0.1, 0.15) is 21.5 Å². The third-order valence-corrected chi connectivity index (χ3v) is 4.24. The molecule has 0 aliphatic carbocycles. The maximum absolute atomic E-state index is 11.6. The highest BCUT2D eigenvalue weighted by Crippen LogP contribution is 2.33. The number of hydrogen-bond donors (Lipinski definition) is 1. The number of nitrogens with one attached hydrogen (secondary N) is 1. The monoisotopic (exact) mass is 337 g/mol. The molecule has 1 N–H and O–H groups in total. The topological polar surface area (TPSA) is 77.1 Å². The second kappa shape index (κ2) is 6.76. The Labute approximate surface area is 145 Å². The number of rotatable bonds is 4. The Morgan fingerprint density at radius 3 is 2.20 bits per heavy atom. The predicted molar refractivity (Wildman–Crippen MR) is 94.6 cm³/mol. The van der Waals surface area contributed by atoms with Gasteiger partial charge in [0.25, 0.3) is 0 Å². The standard InChI is InChI=1S/C19H19N3O3/c1-11-9-15(10-16(24-3)12(11)2)18-17(20-22-21-18)13-5-7-14(8-6-13)19(23)25-4/h5-10H,1-4H3,(H,20,21,22). The van der Waals surface area contributed by atoms with Gasteiger partial charge in [-0.05, 0) is 49.2 Å². The van der Waals surface area contributed by atoms with Crippen molar-refractivity contribution in [3.63, 3.8) is 0 Å². The number of carbonyl (C=O) groups is 1. The van der Waals surface area contributed by atoms with E-state index in [0.717, 1.165) is 33.7 Å². The summed E-state index contributed by atoms with van der Waals surface area (Å²) >= 11 is 0. The van der Waals surface area contributed by atoms with Gasteiger partial charge in [-0.2, -0.15) is 15.4 Å². The fourth-order valence-electron chi connectivity index (χ4n) is 2.69. The van der Waals surface area contributed by atoms with Crippen molar-refractivity contribution in [2.24, 2.45) is 0 Å². The van der Waals surface area contributed by atoms with Crippen molar-refractivity contribution in [1.82, 2.24) is 15.4 Å². The molecule has 0 fully saturated rings. The minimum atomic E-state index is -0.370. The highest BCUT2D eigenvalue weighted by Gasteiger charge is 2.16. The van der Waals surface area contributed by atoms with Crippen molar-refractivity contribution in [2.75, 3.05) is 14.2 Å². The normalized spacial score (nSPS) is 10.6. The van der Waals surface area contributed by atoms with E-state index in [1.54, 1.807) is 19.2 Å². The van der Waals surface area contributed by atoms with Crippen LogP contribution in [0.15, 0.2) is 36.4 Å². The smallest absolute Gasteiger partial charge is 0.337 e. The van der Waals surface area contributed by atoms with Crippen molar-refractivity contribution >= 4 is 5.97 Å². The fourth-order valence-corrected chi connectivity index (χ4v) is 2.69. The van der Waals surface area contributed by atoms with E-state index >= 15 is 0 Å². The van der Waals surface area contributed by atoms with Crippen LogP contribution in [0.2, 0.25) is 0 Å². The summed E-state index contributed by atoms with van der Waals surface area (Å²) in [5.41, 5.74) is 5.91. The maximum Gasteiger partial charge on any atom is 0.337 e. The van der Waals surface area contributed by atoms with Gasteiger partial charge in [-0.1, -0.05) is 12.1 Å². The van der Waals surface area contributed by atoms with Crippen molar-refractivity contribution in [3.05, 3.63) is 53.1 Å². The first kappa shape index (κ1) is 16.7. The Kier molecular flexibility index (Phi) is 4.52. The molecule has 6 heteroatoms. The van der Waals surface area contributed by atoms with E-state index in [-0.39, 0.29) is 5.97 Å². The lowest BCUT2D eigenvalue weighted by molar-refractivity contribution is 0.0601. The van der Waals surface area contributed by atoms with Crippen LogP contribution in [0.4, 0.5) is 0 Å². The summed E-state index contributed by atoms with van der Waals surface area (Å²) in [6, 6.07) is 11.1. The average molecular weight is 337 g/mol. The zero-order valence-electron chi connectivity index (χ0n) is 14.6. The molecule has 2 aromatic carbocycles. The molecule has 6 nitrogen and oxygen atoms in total. The van der Waals surface area contributed by atoms with E-state index in [4.69, 9.17) is 9.47 Å². The summed E-state index contributed by atoms with van der Waals surface area (Å²) < 4.78 is 10.2. The van der Waals surface area contributed by atoms with Gasteiger partial charge in [0, 0.05) is 11.1 Å². The molecule has 3 aromatic rings. The van der Waals surface area contributed by atoms with E-state index < -0.39 is 0 Å². The Morgan fingerprint density at radius 1 is 0.960 bits per heavy atom. The van der Waals surface area contributed by atoms with Crippen molar-refractivity contribution < 1.29 is 14.3 Å². The van der Waals surface area contributed by atoms with Crippen LogP contribution in [-0.2, 0) is 4.74 Å². The maximum atomic E-state index is 11.6. The first-order valence-corrected chi connectivity index (χ1v) is 7.80. The van der Waals surface area contributed by atoms with Gasteiger partial charge in [0.15, 0.2) is 0 Å². The summed E-state index contributed by atoms with van der Waals surface area (Å²) in [7, 11) is 3.01. The quantitative estimate of drug-likeness (QED) is 0.737. The van der Waals surface area contributed by atoms with Crippen LogP contribution in [0, 0.1) is 13.8 Å². The van der Waals surface area contributed by atoms with Crippen LogP contribution in [-0.4, -0.2) is 35.6 Å². The number of aromatic nitrogens is 3. The average Bonchev–Trinajstić information content (AvgIpc) is 3.13. The van der Waals surface area contributed by atoms with Crippen LogP contribution in [0.5, 0.6) is 5.75 Å². The fraction of sp³-hybridized carbons (Fsp3) is 0.211. The van der Waals surface area contributed by atoms with Gasteiger partial charge in [0.2, 0.25) is 0 Å². The third kappa shape index (κ3) is 3.10. The van der Waals surface area contributed by atoms with Gasteiger partial charge >= 0.3 is 5.97 Å². The third-order valence-electron chi connectivity index (χ3n) is 4.24. The van der Waals surface area contributed by atoms with E-state index in [1.165, 1.54) is 7.11 Å². The molecule has 0 saturated heterocycles. The van der Waals surface area contributed by atoms with Gasteiger partial charge in [-0.25, -0.2) is 4.79 Å². The summed E-state index contributed by atoms with van der Waals surface area (Å²) in [5, 5.41) is 11.3. The molecule has 1 heterocycles. The SMILES string of the molecule is COC(=O)c1ccc(-c2n[nH]nc2-c2cc(C)c(C)c(OC)c2)cc1. The number of H-pyrrole nitrogens is 1. The summed E-state index contributed by atoms with van der Waals surface area (Å²) in [4.78, 5) is 11.6. The lowest BCUT2D eigenvalue weighted by Crippen LogP contribution is -2.00. The first-order valence-electron chi connectivity index (χ1n) is 7.80. The van der Waals surface area contributed by atoms with Crippen LogP contribution < -0.4 is 4.74 Å². The van der Waals surface area contributed by atoms with Crippen LogP contribution >= 0.6 is 0 Å². The highest BCUT2D eigenvalue weighted by atomic mass is 16.5. The molecule has 0 spiro atoms. The Bertz CT molecular complexity index is 914. The van der Waals surface area contributed by atoms with Crippen molar-refractivity contribution in [2.45, 2.75) is 13.8 Å². The summed E-state index contributed by atoms with van der Waals surface area (Å²) in [6.45, 7) is 4.06. The second-order valence-electron chi connectivity index (χ2n) is 5.71. The molecular formula is C19H19N3O3. The van der Waals surface area contributed by atoms with Gasteiger partial charge in [0.1, 0.15) is 17.1 Å². The Morgan fingerprint density at radius 2 is 1.60 bits per heavy atom. The van der Waals surface area contributed by atoms with Crippen LogP contribution in [0.3, 0.4) is 0 Å². The number of esters is 1. The molecule has 0 radical (unpaired) electrons. The number of aryl methyl sites for hydroxylation is 1. The minimum Gasteiger partial charge on any atom is -0.496 e. The molecule has 0 aliphatic rings. The van der Waals surface area contributed by atoms with E-state index in [2.05, 4.69) is 21.5 Å². The zero-order valence-corrected chi connectivity index (χ0v) is 14.6. The summed E-state index contributed by atoms with van der Waals surface area (Å²) in [5.74, 6) is 0.441. The summed E-state index contributed by atoms with van der Waals surface area (Å²) in [6.07, 6.45) is 0. The lowest BCUT2D eigenvalue weighted by atomic mass is 9.99. The number of carbonyl (C=O) groups excluding carboxylic acids is 1. The first-order chi connectivity index (χ1) is 12.0. The van der Waals surface area contributed by atoms with Gasteiger partial charge in [0.05, 0.1) is 19.8 Å². The molecule has 0 amide bonds. The van der Waals surface area contributed by atoms with Crippen molar-refractivity contribution in [1.29, 1.82) is 0 Å². The Hall–Kier alpha value is -3.15. The van der Waals surface area contributed by atoms with Gasteiger partial charge < -0.3 is 9.47 Å². The second-order valence-corrected chi connectivity index (χ2v) is 5.71. The van der Waals surface area contributed by atoms with Gasteiger partial charge in [-0.15, -0.1) is 0 Å². The number of nitrogens with zero attached hydrogens (tertiary/aromatic N) is 2. The van der Waals surface area contributed by atoms with E-state index in [0.29, 0.717) is 11.3 Å². The van der Waals surface area contributed by atoms with Crippen LogP contribution in [0.25, 0.3) is 22.5 Å². The lowest BCUT2D eigenvalue weighted by Gasteiger charge is -2.10. The molecule has 0 atom stereocenters. The van der Waals surface area contributed by atoms with E-state index in [1.807, 2.05) is 32.0 Å². The molecule has 0 bridgehead atoms. The number of methoxy groups -OCH3 is 2. The number of ether oxygens (including phenoxy) is 2. The zero-order chi connectivity index (χ0) is 18.0. The number of hydrogen-bond acceptors (Lipinski definition) is 5. The molecule has 128 valence electrons. The molecule has 1 aromatic heterocycles. The molecule has 0 aliphatic heterocycles. The number of aromatic amines is 1. The molecule has 0 unspecified atom stereocenters. The predicted octanol–water partition coefficient (Wildman–Crippen LogP) is 3.55. The molecule has 0 saturated carbocycles. The Balaban J connectivity index is 2.04. The minimum absolute atomic E-state index is 0.370. The molecular weight excluding hydrogens is 318 g/mol. The van der Waals surface area contributed by atoms with E-state index in [9.17, 15) is 4.79 Å². The number of benzene rings is 2. The van der Waals surface area contributed by atoms with Crippen molar-refractivity contribution in [3.8, 4) is 28.3 Å². The molecule has 3 rings (SSSR count). The highest BCUT2D eigenvalue weighted by molar-refractivity contribution is 5.90.